The van der Waals surface area contributed by atoms with Crippen molar-refractivity contribution in [3.05, 3.63) is 0 Å². The van der Waals surface area contributed by atoms with Gasteiger partial charge in [0, 0.05) is 24.9 Å². The van der Waals surface area contributed by atoms with Crippen molar-refractivity contribution in [1.82, 2.24) is 20.9 Å². The highest BCUT2D eigenvalue weighted by Gasteiger charge is 2.61. The highest BCUT2D eigenvalue weighted by Crippen LogP contribution is 2.49. The van der Waals surface area contributed by atoms with E-state index < -0.39 is 77.7 Å². The number of piperidine rings is 3. The first-order valence-electron chi connectivity index (χ1n) is 12.5. The van der Waals surface area contributed by atoms with Gasteiger partial charge in [0.05, 0.1) is 12.0 Å². The Hall–Kier alpha value is -2.98. The van der Waals surface area contributed by atoms with Gasteiger partial charge in [-0.2, -0.15) is 18.4 Å². The van der Waals surface area contributed by atoms with Crippen molar-refractivity contribution >= 4 is 23.6 Å². The first-order chi connectivity index (χ1) is 17.5. The van der Waals surface area contributed by atoms with Crippen LogP contribution in [0.4, 0.5) is 22.0 Å². The molecule has 0 spiro atoms. The maximum atomic E-state index is 14.9. The van der Waals surface area contributed by atoms with Gasteiger partial charge in [0.1, 0.15) is 18.1 Å². The summed E-state index contributed by atoms with van der Waals surface area (Å²) in [4.78, 5) is 51.7. The lowest BCUT2D eigenvalue weighted by Crippen LogP contribution is -2.71. The third kappa shape index (κ3) is 6.18. The molecule has 3 saturated heterocycles. The van der Waals surface area contributed by atoms with Crippen molar-refractivity contribution in [2.45, 2.75) is 95.6 Å². The Bertz CT molecular complexity index is 1010. The normalized spacial score (nSPS) is 28.5. The molecule has 0 aromatic heterocycles. The summed E-state index contributed by atoms with van der Waals surface area (Å²) >= 11 is 0. The van der Waals surface area contributed by atoms with E-state index in [0.717, 1.165) is 4.90 Å². The first kappa shape index (κ1) is 29.6. The van der Waals surface area contributed by atoms with Gasteiger partial charge in [-0.05, 0) is 37.5 Å². The fourth-order valence-electron chi connectivity index (χ4n) is 5.58. The van der Waals surface area contributed by atoms with Crippen molar-refractivity contribution in [1.29, 1.82) is 5.26 Å². The monoisotopic (exact) mass is 549 g/mol. The first-order valence-corrected chi connectivity index (χ1v) is 12.5. The van der Waals surface area contributed by atoms with Crippen LogP contribution in [0.3, 0.4) is 0 Å². The molecule has 0 radical (unpaired) electrons. The number of alkyl halides is 5. The molecule has 14 heteroatoms. The van der Waals surface area contributed by atoms with Gasteiger partial charge in [-0.25, -0.2) is 8.78 Å². The zero-order valence-electron chi connectivity index (χ0n) is 21.3. The molecule has 4 fully saturated rings. The fraction of sp³-hybridized carbons (Fsp3) is 0.792. The molecule has 38 heavy (non-hydrogen) atoms. The summed E-state index contributed by atoms with van der Waals surface area (Å²) in [5, 5.41) is 16.3. The summed E-state index contributed by atoms with van der Waals surface area (Å²) in [5.41, 5.74) is -1.26. The van der Waals surface area contributed by atoms with E-state index in [1.807, 2.05) is 6.07 Å². The number of fused-ring (bicyclic) bond motifs is 3. The van der Waals surface area contributed by atoms with E-state index in [4.69, 9.17) is 0 Å². The molecule has 2 bridgehead atoms. The molecular formula is C24H32F5N5O4. The Labute approximate surface area is 216 Å². The van der Waals surface area contributed by atoms with Gasteiger partial charge in [-0.1, -0.05) is 20.8 Å². The molecule has 1 saturated carbocycles. The van der Waals surface area contributed by atoms with Crippen LogP contribution in [-0.2, 0) is 19.2 Å². The van der Waals surface area contributed by atoms with Gasteiger partial charge >= 0.3 is 12.1 Å². The average molecular weight is 550 g/mol. The predicted molar refractivity (Wildman–Crippen MR) is 122 cm³/mol. The van der Waals surface area contributed by atoms with E-state index >= 15 is 0 Å². The van der Waals surface area contributed by atoms with Crippen LogP contribution >= 0.6 is 0 Å². The summed E-state index contributed by atoms with van der Waals surface area (Å²) in [6, 6.07) is -4.06. The molecule has 0 unspecified atom stereocenters. The molecule has 3 heterocycles. The Morgan fingerprint density at radius 1 is 1.16 bits per heavy atom. The zero-order valence-corrected chi connectivity index (χ0v) is 21.3. The lowest BCUT2D eigenvalue weighted by atomic mass is 9.70. The topological polar surface area (TPSA) is 131 Å². The average Bonchev–Trinajstić information content (AvgIpc) is 2.80. The van der Waals surface area contributed by atoms with Crippen molar-refractivity contribution < 1.29 is 41.1 Å². The minimum atomic E-state index is -5.29. The van der Waals surface area contributed by atoms with E-state index in [1.165, 1.54) is 20.8 Å². The van der Waals surface area contributed by atoms with E-state index in [1.54, 1.807) is 5.32 Å². The Morgan fingerprint density at radius 3 is 2.34 bits per heavy atom. The predicted octanol–water partition coefficient (Wildman–Crippen LogP) is 2.02. The van der Waals surface area contributed by atoms with Crippen LogP contribution in [-0.4, -0.2) is 71.3 Å². The van der Waals surface area contributed by atoms with Crippen molar-refractivity contribution in [3.63, 3.8) is 0 Å². The second-order valence-electron chi connectivity index (χ2n) is 11.3. The Balaban J connectivity index is 1.90. The third-order valence-corrected chi connectivity index (χ3v) is 7.50. The SMILES string of the molecule is CC(C)(C)[C@H](NC(=O)C(F)(F)F)C(=O)N1[C@H]2CC[C@@H]([C@H]1C(=O)N[C@H](C#N)C[C@@H]1CCCNC1=O)C(F)(F)C2. The highest BCUT2D eigenvalue weighted by atomic mass is 19.4. The van der Waals surface area contributed by atoms with Crippen LogP contribution in [0.2, 0.25) is 0 Å². The summed E-state index contributed by atoms with van der Waals surface area (Å²) in [6.07, 6.45) is -5.00. The molecule has 3 aliphatic heterocycles. The van der Waals surface area contributed by atoms with Gasteiger partial charge < -0.3 is 20.9 Å². The summed E-state index contributed by atoms with van der Waals surface area (Å²) in [5.74, 6) is -10.3. The molecule has 212 valence electrons. The van der Waals surface area contributed by atoms with Crippen LogP contribution in [0.15, 0.2) is 0 Å². The van der Waals surface area contributed by atoms with Gasteiger partial charge in [-0.15, -0.1) is 0 Å². The number of carbonyl (C=O) groups is 4. The number of nitrogens with one attached hydrogen (secondary N) is 3. The Morgan fingerprint density at radius 2 is 1.82 bits per heavy atom. The summed E-state index contributed by atoms with van der Waals surface area (Å²) < 4.78 is 68.9. The van der Waals surface area contributed by atoms with Gasteiger partial charge in [-0.3, -0.25) is 19.2 Å². The molecule has 0 aromatic carbocycles. The quantitative estimate of drug-likeness (QED) is 0.437. The van der Waals surface area contributed by atoms with Crippen LogP contribution in [0.1, 0.15) is 59.3 Å². The van der Waals surface area contributed by atoms with Crippen molar-refractivity contribution in [2.75, 3.05) is 6.54 Å². The smallest absolute Gasteiger partial charge is 0.356 e. The second-order valence-corrected chi connectivity index (χ2v) is 11.3. The van der Waals surface area contributed by atoms with Gasteiger partial charge in [0.2, 0.25) is 17.7 Å². The largest absolute Gasteiger partial charge is 0.471 e. The molecule has 0 aromatic rings. The van der Waals surface area contributed by atoms with Crippen molar-refractivity contribution in [3.8, 4) is 6.07 Å². The second kappa shape index (κ2) is 10.6. The lowest BCUT2D eigenvalue weighted by molar-refractivity contribution is -0.197. The molecular weight excluding hydrogens is 517 g/mol. The Kier molecular flexibility index (Phi) is 8.29. The van der Waals surface area contributed by atoms with E-state index in [-0.39, 0.29) is 25.2 Å². The number of nitriles is 1. The van der Waals surface area contributed by atoms with Crippen LogP contribution < -0.4 is 16.0 Å². The fourth-order valence-corrected chi connectivity index (χ4v) is 5.58. The van der Waals surface area contributed by atoms with Crippen LogP contribution in [0, 0.1) is 28.6 Å². The van der Waals surface area contributed by atoms with Crippen molar-refractivity contribution in [2.24, 2.45) is 17.3 Å². The van der Waals surface area contributed by atoms with Crippen LogP contribution in [0.5, 0.6) is 0 Å². The molecule has 4 amide bonds. The van der Waals surface area contributed by atoms with Gasteiger partial charge in [0.25, 0.3) is 5.92 Å². The summed E-state index contributed by atoms with van der Waals surface area (Å²) in [7, 11) is 0. The van der Waals surface area contributed by atoms with Crippen LogP contribution in [0.25, 0.3) is 0 Å². The molecule has 4 rings (SSSR count). The number of rotatable bonds is 6. The third-order valence-electron chi connectivity index (χ3n) is 7.50. The molecule has 9 nitrogen and oxygen atoms in total. The van der Waals surface area contributed by atoms with E-state index in [2.05, 4.69) is 10.6 Å². The zero-order chi connectivity index (χ0) is 28.6. The number of hydrogen-bond donors (Lipinski definition) is 3. The van der Waals surface area contributed by atoms with Gasteiger partial charge in [0.15, 0.2) is 0 Å². The highest BCUT2D eigenvalue weighted by molar-refractivity contribution is 5.94. The number of nitrogens with zero attached hydrogens (tertiary/aromatic N) is 2. The number of amides is 4. The molecule has 3 N–H and O–H groups in total. The maximum absolute atomic E-state index is 14.9. The van der Waals surface area contributed by atoms with E-state index in [0.29, 0.717) is 19.4 Å². The standard InChI is InChI=1S/C24H32F5N5O4/c1-22(2,3)17(33-21(38)24(27,28)29)20(37)34-14-6-7-15(23(25,26)10-14)16(34)19(36)32-13(11-30)9-12-5-4-8-31-18(12)35/h12-17H,4-10H2,1-3H3,(H,31,35)(H,32,36)(H,33,38)/t12-,13-,14-,15-,16-,17+/m0/s1. The minimum absolute atomic E-state index is 0.0640. The summed E-state index contributed by atoms with van der Waals surface area (Å²) in [6.45, 7) is 4.69. The minimum Gasteiger partial charge on any atom is -0.356 e. The number of carbonyl (C=O) groups excluding carboxylic acids is 4. The number of halogens is 5. The lowest BCUT2D eigenvalue weighted by Gasteiger charge is -2.55. The maximum Gasteiger partial charge on any atom is 0.471 e. The van der Waals surface area contributed by atoms with E-state index in [9.17, 15) is 46.4 Å². The number of hydrogen-bond acceptors (Lipinski definition) is 5. The molecule has 1 aliphatic carbocycles. The molecule has 4 aliphatic rings. The molecule has 6 atom stereocenters.